The zero-order chi connectivity index (χ0) is 20.4. The Morgan fingerprint density at radius 1 is 1.38 bits per heavy atom. The Hall–Kier alpha value is -1.77. The van der Waals surface area contributed by atoms with Crippen LogP contribution in [-0.4, -0.2) is 53.4 Å². The summed E-state index contributed by atoms with van der Waals surface area (Å²) in [4.78, 5) is 15.8. The second kappa shape index (κ2) is 8.93. The highest BCUT2D eigenvalue weighted by Gasteiger charge is 2.28. The normalized spacial score (nSPS) is 20.9. The number of nitrogens with one attached hydrogen (secondary N) is 1. The molecule has 0 radical (unpaired) electrons. The van der Waals surface area contributed by atoms with Crippen molar-refractivity contribution in [2.45, 2.75) is 45.0 Å². The van der Waals surface area contributed by atoms with Gasteiger partial charge in [0.25, 0.3) is 0 Å². The predicted molar refractivity (Wildman–Crippen MR) is 113 cm³/mol. The number of likely N-dealkylation sites (tertiary alicyclic amines) is 1. The van der Waals surface area contributed by atoms with Crippen LogP contribution in [0.4, 0.5) is 5.00 Å². The molecule has 0 bridgehead atoms. The highest BCUT2D eigenvalue weighted by Crippen LogP contribution is 2.42. The minimum Gasteiger partial charge on any atom is -0.392 e. The first-order valence-corrected chi connectivity index (χ1v) is 11.0. The topological polar surface area (TPSA) is 82.0 Å². The number of fused-ring (bicyclic) bond motifs is 1. The van der Waals surface area contributed by atoms with E-state index in [0.29, 0.717) is 24.8 Å². The van der Waals surface area contributed by atoms with Gasteiger partial charge in [-0.2, -0.15) is 0 Å². The number of ether oxygens (including phenoxy) is 1. The summed E-state index contributed by atoms with van der Waals surface area (Å²) in [6.07, 6.45) is 1.28. The molecule has 2 atom stereocenters. The maximum absolute atomic E-state index is 12.7. The smallest absolute Gasteiger partial charge is 0.239 e. The fourth-order valence-electron chi connectivity index (χ4n) is 4.10. The minimum absolute atomic E-state index is 0.115. The largest absolute Gasteiger partial charge is 0.392 e. The fraction of sp³-hybridized carbons (Fsp3) is 0.500. The van der Waals surface area contributed by atoms with Gasteiger partial charge in [0.15, 0.2) is 0 Å². The number of aliphatic hydroxyl groups excluding tert-OH is 2. The van der Waals surface area contributed by atoms with Gasteiger partial charge in [-0.1, -0.05) is 29.8 Å². The van der Waals surface area contributed by atoms with E-state index < -0.39 is 6.10 Å². The molecule has 7 heteroatoms. The molecule has 1 aromatic carbocycles. The van der Waals surface area contributed by atoms with Crippen LogP contribution >= 0.6 is 11.3 Å². The van der Waals surface area contributed by atoms with E-state index in [1.165, 1.54) is 11.3 Å². The van der Waals surface area contributed by atoms with Crippen LogP contribution in [0, 0.1) is 6.92 Å². The Morgan fingerprint density at radius 2 is 2.17 bits per heavy atom. The van der Waals surface area contributed by atoms with Gasteiger partial charge in [-0.3, -0.25) is 9.69 Å². The average Bonchev–Trinajstić information content (AvgIpc) is 3.05. The van der Waals surface area contributed by atoms with Crippen molar-refractivity contribution < 1.29 is 19.7 Å². The van der Waals surface area contributed by atoms with Crippen molar-refractivity contribution in [3.63, 3.8) is 0 Å². The van der Waals surface area contributed by atoms with E-state index in [4.69, 9.17) is 4.74 Å². The molecule has 3 N–H and O–H groups in total. The third-order valence-electron chi connectivity index (χ3n) is 5.63. The summed E-state index contributed by atoms with van der Waals surface area (Å²) in [6, 6.07) is 7.84. The van der Waals surface area contributed by atoms with Gasteiger partial charge in [0.2, 0.25) is 5.91 Å². The molecule has 29 heavy (non-hydrogen) atoms. The van der Waals surface area contributed by atoms with Crippen LogP contribution in [0.2, 0.25) is 0 Å². The molecule has 2 aliphatic rings. The highest BCUT2D eigenvalue weighted by atomic mass is 32.1. The number of piperidine rings is 1. The lowest BCUT2D eigenvalue weighted by Gasteiger charge is -2.29. The molecule has 0 saturated carbocycles. The van der Waals surface area contributed by atoms with Gasteiger partial charge in [-0.05, 0) is 43.9 Å². The number of carbonyl (C=O) groups is 1. The van der Waals surface area contributed by atoms with Crippen LogP contribution in [0.5, 0.6) is 0 Å². The van der Waals surface area contributed by atoms with Gasteiger partial charge in [0.1, 0.15) is 11.1 Å². The summed E-state index contributed by atoms with van der Waals surface area (Å²) in [5.41, 5.74) is 3.85. The van der Waals surface area contributed by atoms with Gasteiger partial charge >= 0.3 is 0 Å². The number of thiophene rings is 1. The molecule has 1 aromatic heterocycles. The van der Waals surface area contributed by atoms with Crippen molar-refractivity contribution in [2.75, 3.05) is 31.6 Å². The number of benzene rings is 1. The third-order valence-corrected chi connectivity index (χ3v) is 6.77. The molecule has 2 aliphatic heterocycles. The maximum atomic E-state index is 12.7. The Bertz CT molecular complexity index is 864. The predicted octanol–water partition coefficient (Wildman–Crippen LogP) is 2.61. The van der Waals surface area contributed by atoms with Crippen LogP contribution in [0.1, 0.15) is 46.1 Å². The van der Waals surface area contributed by atoms with Crippen molar-refractivity contribution in [3.05, 3.63) is 51.4 Å². The SMILES string of the molecule is Cc1ccc(C(O)c2c(NC(=O)CN3CCCC(O)C3)sc3c2CCOC3)cc1. The van der Waals surface area contributed by atoms with E-state index >= 15 is 0 Å². The van der Waals surface area contributed by atoms with Gasteiger partial charge in [-0.25, -0.2) is 0 Å². The standard InChI is InChI=1S/C22H28N2O4S/c1-14-4-6-15(7-5-14)21(27)20-17-8-10-28-13-18(17)29-22(20)23-19(26)12-24-9-2-3-16(25)11-24/h4-7,16,21,25,27H,2-3,8-13H2,1H3,(H,23,26). The lowest BCUT2D eigenvalue weighted by atomic mass is 9.95. The maximum Gasteiger partial charge on any atom is 0.239 e. The Balaban J connectivity index is 1.57. The van der Waals surface area contributed by atoms with Gasteiger partial charge < -0.3 is 20.3 Å². The Labute approximate surface area is 175 Å². The molecule has 6 nitrogen and oxygen atoms in total. The minimum atomic E-state index is -0.791. The van der Waals surface area contributed by atoms with Crippen molar-refractivity contribution in [2.24, 2.45) is 0 Å². The zero-order valence-electron chi connectivity index (χ0n) is 16.7. The molecule has 0 spiro atoms. The first kappa shape index (κ1) is 20.5. The van der Waals surface area contributed by atoms with E-state index in [1.54, 1.807) is 0 Å². The number of anilines is 1. The summed E-state index contributed by atoms with van der Waals surface area (Å²) >= 11 is 1.49. The molecule has 1 fully saturated rings. The van der Waals surface area contributed by atoms with Crippen molar-refractivity contribution in [1.29, 1.82) is 0 Å². The van der Waals surface area contributed by atoms with Crippen molar-refractivity contribution >= 4 is 22.2 Å². The molecular formula is C22H28N2O4S. The first-order chi connectivity index (χ1) is 14.0. The number of aliphatic hydroxyl groups is 2. The number of β-amino-alcohol motifs (C(OH)–C–C–N with tert-alkyl or cyclic N) is 1. The van der Waals surface area contributed by atoms with Crippen LogP contribution < -0.4 is 5.32 Å². The zero-order valence-corrected chi connectivity index (χ0v) is 17.5. The number of carbonyl (C=O) groups excluding carboxylic acids is 1. The third kappa shape index (κ3) is 4.70. The molecule has 156 valence electrons. The van der Waals surface area contributed by atoms with Crippen LogP contribution in [0.3, 0.4) is 0 Å². The van der Waals surface area contributed by atoms with Crippen molar-refractivity contribution in [1.82, 2.24) is 4.90 Å². The Morgan fingerprint density at radius 3 is 2.93 bits per heavy atom. The Kier molecular flexibility index (Phi) is 6.32. The number of rotatable bonds is 5. The first-order valence-electron chi connectivity index (χ1n) is 10.2. The summed E-state index contributed by atoms with van der Waals surface area (Å²) < 4.78 is 5.58. The summed E-state index contributed by atoms with van der Waals surface area (Å²) in [5, 5.41) is 24.7. The van der Waals surface area contributed by atoms with Crippen LogP contribution in [0.25, 0.3) is 0 Å². The van der Waals surface area contributed by atoms with E-state index in [2.05, 4.69) is 5.32 Å². The summed E-state index contributed by atoms with van der Waals surface area (Å²) in [7, 11) is 0. The molecule has 1 amide bonds. The number of amides is 1. The summed E-state index contributed by atoms with van der Waals surface area (Å²) in [6.45, 7) is 4.75. The lowest BCUT2D eigenvalue weighted by Crippen LogP contribution is -2.42. The van der Waals surface area contributed by atoms with E-state index in [-0.39, 0.29) is 18.6 Å². The second-order valence-corrected chi connectivity index (χ2v) is 9.05. The van der Waals surface area contributed by atoms with E-state index in [1.807, 2.05) is 36.1 Å². The van der Waals surface area contributed by atoms with E-state index in [9.17, 15) is 15.0 Å². The number of nitrogens with zero attached hydrogens (tertiary/aromatic N) is 1. The molecule has 1 saturated heterocycles. The van der Waals surface area contributed by atoms with Crippen molar-refractivity contribution in [3.8, 4) is 0 Å². The van der Waals surface area contributed by atoms with Gasteiger partial charge in [-0.15, -0.1) is 11.3 Å². The molecule has 2 unspecified atom stereocenters. The monoisotopic (exact) mass is 416 g/mol. The number of hydrogen-bond donors (Lipinski definition) is 3. The second-order valence-electron chi connectivity index (χ2n) is 7.94. The van der Waals surface area contributed by atoms with Crippen LogP contribution in [0.15, 0.2) is 24.3 Å². The van der Waals surface area contributed by atoms with Gasteiger partial charge in [0, 0.05) is 17.0 Å². The highest BCUT2D eigenvalue weighted by molar-refractivity contribution is 7.16. The molecule has 0 aliphatic carbocycles. The molecule has 2 aromatic rings. The number of hydrogen-bond acceptors (Lipinski definition) is 6. The molecule has 4 rings (SSSR count). The van der Waals surface area contributed by atoms with E-state index in [0.717, 1.165) is 52.9 Å². The fourth-order valence-corrected chi connectivity index (χ4v) is 5.33. The average molecular weight is 417 g/mol. The lowest BCUT2D eigenvalue weighted by molar-refractivity contribution is -0.118. The number of aryl methyl sites for hydroxylation is 1. The molecular weight excluding hydrogens is 388 g/mol. The summed E-state index contributed by atoms with van der Waals surface area (Å²) in [5.74, 6) is -0.115. The molecule has 3 heterocycles. The van der Waals surface area contributed by atoms with Gasteiger partial charge in [0.05, 0.1) is 25.9 Å². The quantitative estimate of drug-likeness (QED) is 0.698. The van der Waals surface area contributed by atoms with Crippen LogP contribution in [-0.2, 0) is 22.6 Å².